The molecule has 0 aromatic carbocycles. The van der Waals surface area contributed by atoms with Crippen molar-refractivity contribution >= 4 is 11.7 Å². The Balaban J connectivity index is 1.46. The summed E-state index contributed by atoms with van der Waals surface area (Å²) in [7, 11) is 0. The predicted octanol–water partition coefficient (Wildman–Crippen LogP) is 1.17. The van der Waals surface area contributed by atoms with Gasteiger partial charge in [-0.2, -0.15) is 0 Å². The lowest BCUT2D eigenvalue weighted by atomic mass is 9.96. The Morgan fingerprint density at radius 2 is 1.95 bits per heavy atom. The second kappa shape index (κ2) is 6.89. The highest BCUT2D eigenvalue weighted by atomic mass is 16.1. The number of aromatic nitrogens is 1. The molecule has 3 rings (SSSR count). The second-order valence-corrected chi connectivity index (χ2v) is 5.98. The molecule has 3 heterocycles. The lowest BCUT2D eigenvalue weighted by Crippen LogP contribution is -2.47. The molecule has 2 N–H and O–H groups in total. The third kappa shape index (κ3) is 3.73. The maximum absolute atomic E-state index is 12.3. The first-order valence-electron chi connectivity index (χ1n) is 8.00. The highest BCUT2D eigenvalue weighted by molar-refractivity contribution is 5.79. The van der Waals surface area contributed by atoms with Crippen molar-refractivity contribution in [2.24, 2.45) is 5.92 Å². The van der Waals surface area contributed by atoms with Gasteiger partial charge in [-0.15, -0.1) is 0 Å². The van der Waals surface area contributed by atoms with Crippen LogP contribution in [0, 0.1) is 5.92 Å². The molecular formula is C16H24N4O. The summed E-state index contributed by atoms with van der Waals surface area (Å²) >= 11 is 0. The normalized spacial score (nSPS) is 21.2. The monoisotopic (exact) mass is 288 g/mol. The van der Waals surface area contributed by atoms with Crippen LogP contribution < -0.4 is 15.5 Å². The maximum Gasteiger partial charge on any atom is 0.223 e. The van der Waals surface area contributed by atoms with Gasteiger partial charge in [0, 0.05) is 31.2 Å². The quantitative estimate of drug-likeness (QED) is 0.876. The fourth-order valence-corrected chi connectivity index (χ4v) is 3.20. The molecule has 0 spiro atoms. The minimum atomic E-state index is 0.208. The highest BCUT2D eigenvalue weighted by Gasteiger charge is 2.25. The molecule has 21 heavy (non-hydrogen) atoms. The van der Waals surface area contributed by atoms with Crippen LogP contribution in [0.2, 0.25) is 0 Å². The number of hydrogen-bond acceptors (Lipinski definition) is 4. The number of carbonyl (C=O) groups is 1. The third-order valence-corrected chi connectivity index (χ3v) is 4.52. The lowest BCUT2D eigenvalue weighted by molar-refractivity contribution is -0.126. The Kier molecular flexibility index (Phi) is 4.70. The summed E-state index contributed by atoms with van der Waals surface area (Å²) in [5.74, 6) is 1.51. The van der Waals surface area contributed by atoms with E-state index in [0.29, 0.717) is 6.04 Å². The van der Waals surface area contributed by atoms with Crippen molar-refractivity contribution in [1.29, 1.82) is 0 Å². The van der Waals surface area contributed by atoms with Crippen molar-refractivity contribution in [1.82, 2.24) is 15.6 Å². The SMILES string of the molecule is O=C(NC1CCN(c2ccccn2)CC1)C1CCNCC1. The van der Waals surface area contributed by atoms with E-state index >= 15 is 0 Å². The van der Waals surface area contributed by atoms with Gasteiger partial charge in [-0.3, -0.25) is 4.79 Å². The number of nitrogens with one attached hydrogen (secondary N) is 2. The minimum absolute atomic E-state index is 0.208. The Bertz CT molecular complexity index is 451. The van der Waals surface area contributed by atoms with E-state index in [1.807, 2.05) is 24.4 Å². The fourth-order valence-electron chi connectivity index (χ4n) is 3.20. The van der Waals surface area contributed by atoms with Crippen molar-refractivity contribution in [3.8, 4) is 0 Å². The Morgan fingerprint density at radius 1 is 1.19 bits per heavy atom. The number of carbonyl (C=O) groups excluding carboxylic acids is 1. The van der Waals surface area contributed by atoms with E-state index in [1.54, 1.807) is 0 Å². The van der Waals surface area contributed by atoms with Crippen molar-refractivity contribution in [2.75, 3.05) is 31.1 Å². The van der Waals surface area contributed by atoms with E-state index in [9.17, 15) is 4.79 Å². The molecule has 2 fully saturated rings. The molecule has 2 aliphatic rings. The van der Waals surface area contributed by atoms with E-state index in [4.69, 9.17) is 0 Å². The van der Waals surface area contributed by atoms with Gasteiger partial charge in [0.25, 0.3) is 0 Å². The maximum atomic E-state index is 12.3. The van der Waals surface area contributed by atoms with Gasteiger partial charge in [0.2, 0.25) is 5.91 Å². The fraction of sp³-hybridized carbons (Fsp3) is 0.625. The number of amides is 1. The van der Waals surface area contributed by atoms with Crippen LogP contribution in [-0.4, -0.2) is 43.1 Å². The van der Waals surface area contributed by atoms with E-state index in [0.717, 1.165) is 57.7 Å². The number of piperidine rings is 2. The molecule has 0 atom stereocenters. The molecule has 0 saturated carbocycles. The van der Waals surface area contributed by atoms with Crippen LogP contribution in [0.1, 0.15) is 25.7 Å². The molecule has 0 bridgehead atoms. The summed E-state index contributed by atoms with van der Waals surface area (Å²) in [5, 5.41) is 6.55. The molecule has 2 saturated heterocycles. The van der Waals surface area contributed by atoms with Crippen LogP contribution in [0.5, 0.6) is 0 Å². The molecule has 1 aromatic heterocycles. The number of nitrogens with zero attached hydrogens (tertiary/aromatic N) is 2. The van der Waals surface area contributed by atoms with Crippen molar-refractivity contribution in [3.63, 3.8) is 0 Å². The molecule has 2 aliphatic heterocycles. The van der Waals surface area contributed by atoms with Gasteiger partial charge in [-0.1, -0.05) is 6.07 Å². The second-order valence-electron chi connectivity index (χ2n) is 5.98. The summed E-state index contributed by atoms with van der Waals surface area (Å²) in [4.78, 5) is 18.9. The molecule has 5 heteroatoms. The first kappa shape index (κ1) is 14.3. The van der Waals surface area contributed by atoms with Crippen LogP contribution in [0.15, 0.2) is 24.4 Å². The smallest absolute Gasteiger partial charge is 0.223 e. The van der Waals surface area contributed by atoms with Crippen molar-refractivity contribution in [2.45, 2.75) is 31.7 Å². The van der Waals surface area contributed by atoms with Gasteiger partial charge in [-0.25, -0.2) is 4.98 Å². The zero-order valence-corrected chi connectivity index (χ0v) is 12.4. The first-order chi connectivity index (χ1) is 10.3. The zero-order chi connectivity index (χ0) is 14.5. The molecule has 0 unspecified atom stereocenters. The molecule has 0 aliphatic carbocycles. The summed E-state index contributed by atoms with van der Waals surface area (Å²) < 4.78 is 0. The van der Waals surface area contributed by atoms with Gasteiger partial charge in [0.15, 0.2) is 0 Å². The molecule has 114 valence electrons. The number of rotatable bonds is 3. The molecular weight excluding hydrogens is 264 g/mol. The Morgan fingerprint density at radius 3 is 2.62 bits per heavy atom. The average molecular weight is 288 g/mol. The Hall–Kier alpha value is -1.62. The average Bonchev–Trinajstić information content (AvgIpc) is 2.57. The van der Waals surface area contributed by atoms with Crippen LogP contribution in [-0.2, 0) is 4.79 Å². The van der Waals surface area contributed by atoms with Crippen LogP contribution in [0.4, 0.5) is 5.82 Å². The van der Waals surface area contributed by atoms with Gasteiger partial charge >= 0.3 is 0 Å². The van der Waals surface area contributed by atoms with Crippen molar-refractivity contribution in [3.05, 3.63) is 24.4 Å². The lowest BCUT2D eigenvalue weighted by Gasteiger charge is -2.34. The highest BCUT2D eigenvalue weighted by Crippen LogP contribution is 2.18. The van der Waals surface area contributed by atoms with E-state index in [-0.39, 0.29) is 11.8 Å². The summed E-state index contributed by atoms with van der Waals surface area (Å²) in [6, 6.07) is 6.34. The third-order valence-electron chi connectivity index (χ3n) is 4.52. The first-order valence-corrected chi connectivity index (χ1v) is 8.00. The molecule has 1 amide bonds. The Labute approximate surface area is 126 Å². The van der Waals surface area contributed by atoms with Crippen molar-refractivity contribution < 1.29 is 4.79 Å². The van der Waals surface area contributed by atoms with Crippen LogP contribution >= 0.6 is 0 Å². The number of anilines is 1. The summed E-state index contributed by atoms with van der Waals surface area (Å²) in [5.41, 5.74) is 0. The molecule has 1 aromatic rings. The summed E-state index contributed by atoms with van der Waals surface area (Å²) in [6.07, 6.45) is 5.79. The minimum Gasteiger partial charge on any atom is -0.356 e. The van der Waals surface area contributed by atoms with Crippen LogP contribution in [0.25, 0.3) is 0 Å². The molecule has 0 radical (unpaired) electrons. The number of hydrogen-bond donors (Lipinski definition) is 2. The summed E-state index contributed by atoms with van der Waals surface area (Å²) in [6.45, 7) is 3.87. The largest absolute Gasteiger partial charge is 0.356 e. The van der Waals surface area contributed by atoms with E-state index < -0.39 is 0 Å². The topological polar surface area (TPSA) is 57.3 Å². The van der Waals surface area contributed by atoms with Gasteiger partial charge < -0.3 is 15.5 Å². The molecule has 5 nitrogen and oxygen atoms in total. The van der Waals surface area contributed by atoms with E-state index in [2.05, 4.69) is 20.5 Å². The predicted molar refractivity (Wildman–Crippen MR) is 83.2 cm³/mol. The number of pyridine rings is 1. The van der Waals surface area contributed by atoms with E-state index in [1.165, 1.54) is 0 Å². The zero-order valence-electron chi connectivity index (χ0n) is 12.4. The van der Waals surface area contributed by atoms with Gasteiger partial charge in [0.05, 0.1) is 0 Å². The van der Waals surface area contributed by atoms with Gasteiger partial charge in [-0.05, 0) is 50.9 Å². The van der Waals surface area contributed by atoms with Crippen LogP contribution in [0.3, 0.4) is 0 Å². The van der Waals surface area contributed by atoms with Gasteiger partial charge in [0.1, 0.15) is 5.82 Å². The standard InChI is InChI=1S/C16H24N4O/c21-16(13-4-9-17-10-5-13)19-14-6-11-20(12-7-14)15-3-1-2-8-18-15/h1-3,8,13-14,17H,4-7,9-12H2,(H,19,21).